The van der Waals surface area contributed by atoms with Gasteiger partial charge >= 0.3 is 0 Å². The van der Waals surface area contributed by atoms with Gasteiger partial charge in [-0.25, -0.2) is 0 Å². The van der Waals surface area contributed by atoms with E-state index in [1.165, 1.54) is 0 Å². The van der Waals surface area contributed by atoms with Crippen LogP contribution in [0.5, 0.6) is 5.75 Å². The van der Waals surface area contributed by atoms with Crippen molar-refractivity contribution < 1.29 is 9.53 Å². The zero-order valence-corrected chi connectivity index (χ0v) is 16.1. The topological polar surface area (TPSA) is 64.3 Å². The number of amides is 1. The number of halogens is 2. The molecule has 0 saturated heterocycles. The molecule has 0 saturated carbocycles. The normalized spacial score (nSPS) is 10.7. The molecule has 2 aromatic rings. The first-order valence-corrected chi connectivity index (χ1v) is 8.18. The van der Waals surface area contributed by atoms with Crippen molar-refractivity contribution in [2.24, 2.45) is 5.73 Å². The van der Waals surface area contributed by atoms with Crippen LogP contribution in [0, 0.1) is 0 Å². The molecule has 4 nitrogen and oxygen atoms in total. The molecule has 0 radical (unpaired) electrons. The quantitative estimate of drug-likeness (QED) is 0.754. The second-order valence-corrected chi connectivity index (χ2v) is 6.90. The van der Waals surface area contributed by atoms with E-state index < -0.39 is 5.54 Å². The number of ether oxygens (including phenoxy) is 1. The molecule has 0 aliphatic heterocycles. The number of carbonyl (C=O) groups excluding carboxylic acids is 1. The molecule has 0 heterocycles. The highest BCUT2D eigenvalue weighted by Gasteiger charge is 2.16. The lowest BCUT2D eigenvalue weighted by Crippen LogP contribution is -2.45. The fraction of sp³-hybridized carbons (Fsp3) is 0.278. The summed E-state index contributed by atoms with van der Waals surface area (Å²) in [5, 5.41) is 2.84. The lowest BCUT2D eigenvalue weighted by molar-refractivity contribution is 0.0941. The predicted molar refractivity (Wildman–Crippen MR) is 103 cm³/mol. The van der Waals surface area contributed by atoms with Crippen molar-refractivity contribution in [2.45, 2.75) is 26.0 Å². The van der Waals surface area contributed by atoms with Crippen molar-refractivity contribution in [1.82, 2.24) is 5.32 Å². The highest BCUT2D eigenvalue weighted by molar-refractivity contribution is 9.10. The number of rotatable bonds is 6. The molecule has 0 unspecified atom stereocenters. The van der Waals surface area contributed by atoms with Crippen molar-refractivity contribution >= 4 is 34.2 Å². The summed E-state index contributed by atoms with van der Waals surface area (Å²) in [6, 6.07) is 15.0. The van der Waals surface area contributed by atoms with Crippen LogP contribution in [-0.2, 0) is 6.61 Å². The van der Waals surface area contributed by atoms with Crippen LogP contribution in [0.3, 0.4) is 0 Å². The minimum absolute atomic E-state index is 0. The van der Waals surface area contributed by atoms with E-state index in [1.54, 1.807) is 12.1 Å². The van der Waals surface area contributed by atoms with Gasteiger partial charge in [0.15, 0.2) is 0 Å². The van der Waals surface area contributed by atoms with Crippen LogP contribution >= 0.6 is 28.3 Å². The van der Waals surface area contributed by atoms with Crippen LogP contribution in [0.15, 0.2) is 53.0 Å². The Morgan fingerprint density at radius 1 is 1.17 bits per heavy atom. The van der Waals surface area contributed by atoms with Crippen LogP contribution < -0.4 is 15.8 Å². The molecule has 2 rings (SSSR count). The van der Waals surface area contributed by atoms with Crippen LogP contribution in [0.25, 0.3) is 0 Å². The van der Waals surface area contributed by atoms with E-state index in [2.05, 4.69) is 21.2 Å². The molecule has 0 spiro atoms. The summed E-state index contributed by atoms with van der Waals surface area (Å²) in [4.78, 5) is 12.3. The average molecular weight is 414 g/mol. The van der Waals surface area contributed by atoms with Gasteiger partial charge in [-0.15, -0.1) is 12.4 Å². The predicted octanol–water partition coefficient (Wildman–Crippen LogP) is 3.92. The molecule has 0 atom stereocenters. The van der Waals surface area contributed by atoms with Gasteiger partial charge in [0, 0.05) is 22.1 Å². The second-order valence-electron chi connectivity index (χ2n) is 6.05. The van der Waals surface area contributed by atoms with Gasteiger partial charge in [0.05, 0.1) is 5.56 Å². The summed E-state index contributed by atoms with van der Waals surface area (Å²) < 4.78 is 6.81. The number of para-hydroxylation sites is 1. The number of nitrogens with one attached hydrogen (secondary N) is 1. The molecule has 2 aromatic carbocycles. The van der Waals surface area contributed by atoms with Crippen LogP contribution in [0.1, 0.15) is 29.8 Å². The number of benzene rings is 2. The third kappa shape index (κ3) is 6.15. The Hall–Kier alpha value is -1.56. The van der Waals surface area contributed by atoms with Crippen LogP contribution in [0.2, 0.25) is 0 Å². The van der Waals surface area contributed by atoms with E-state index in [0.717, 1.165) is 10.0 Å². The number of hydrogen-bond acceptors (Lipinski definition) is 3. The molecule has 3 N–H and O–H groups in total. The van der Waals surface area contributed by atoms with Crippen molar-refractivity contribution in [3.63, 3.8) is 0 Å². The minimum Gasteiger partial charge on any atom is -0.488 e. The third-order valence-corrected chi connectivity index (χ3v) is 3.95. The van der Waals surface area contributed by atoms with Gasteiger partial charge in [0.25, 0.3) is 5.91 Å². The molecule has 0 fully saturated rings. The first-order chi connectivity index (χ1) is 10.9. The van der Waals surface area contributed by atoms with Crippen LogP contribution in [-0.4, -0.2) is 18.0 Å². The van der Waals surface area contributed by atoms with Gasteiger partial charge in [-0.2, -0.15) is 0 Å². The average Bonchev–Trinajstić information content (AvgIpc) is 2.51. The summed E-state index contributed by atoms with van der Waals surface area (Å²) in [6.45, 7) is 4.50. The van der Waals surface area contributed by atoms with Gasteiger partial charge in [-0.3, -0.25) is 4.79 Å². The SMILES string of the molecule is CC(C)(N)CNC(=O)c1ccccc1OCc1ccccc1Br.Cl. The summed E-state index contributed by atoms with van der Waals surface area (Å²) in [5.41, 5.74) is 6.96. The fourth-order valence-corrected chi connectivity index (χ4v) is 2.35. The van der Waals surface area contributed by atoms with Gasteiger partial charge in [-0.1, -0.05) is 46.3 Å². The summed E-state index contributed by atoms with van der Waals surface area (Å²) >= 11 is 3.49. The first-order valence-electron chi connectivity index (χ1n) is 7.39. The minimum atomic E-state index is -0.458. The van der Waals surface area contributed by atoms with Crippen molar-refractivity contribution in [2.75, 3.05) is 6.54 Å². The van der Waals surface area contributed by atoms with Gasteiger partial charge in [0.2, 0.25) is 0 Å². The standard InChI is InChI=1S/C18H21BrN2O2.ClH/c1-18(2,20)12-21-17(22)14-8-4-6-10-16(14)23-11-13-7-3-5-9-15(13)19;/h3-10H,11-12,20H2,1-2H3,(H,21,22);1H. The van der Waals surface area contributed by atoms with E-state index >= 15 is 0 Å². The highest BCUT2D eigenvalue weighted by Crippen LogP contribution is 2.22. The Labute approximate surface area is 157 Å². The maximum atomic E-state index is 12.3. The van der Waals surface area contributed by atoms with Gasteiger partial charge in [0.1, 0.15) is 12.4 Å². The molecule has 130 valence electrons. The third-order valence-electron chi connectivity index (χ3n) is 3.18. The Balaban J connectivity index is 0.00000288. The molecule has 24 heavy (non-hydrogen) atoms. The maximum absolute atomic E-state index is 12.3. The van der Waals surface area contributed by atoms with Crippen molar-refractivity contribution in [1.29, 1.82) is 0 Å². The van der Waals surface area contributed by atoms with E-state index in [9.17, 15) is 4.79 Å². The largest absolute Gasteiger partial charge is 0.488 e. The maximum Gasteiger partial charge on any atom is 0.255 e. The molecule has 1 amide bonds. The molecule has 0 aromatic heterocycles. The molecule has 0 aliphatic rings. The Morgan fingerprint density at radius 3 is 2.46 bits per heavy atom. The molecular weight excluding hydrogens is 392 g/mol. The second kappa shape index (κ2) is 9.06. The molecule has 0 aliphatic carbocycles. The monoisotopic (exact) mass is 412 g/mol. The van der Waals surface area contributed by atoms with Crippen LogP contribution in [0.4, 0.5) is 0 Å². The lowest BCUT2D eigenvalue weighted by atomic mass is 10.1. The lowest BCUT2D eigenvalue weighted by Gasteiger charge is -2.19. The van der Waals surface area contributed by atoms with E-state index in [1.807, 2.05) is 50.2 Å². The smallest absolute Gasteiger partial charge is 0.255 e. The first kappa shape index (κ1) is 20.5. The zero-order chi connectivity index (χ0) is 16.9. The van der Waals surface area contributed by atoms with Crippen molar-refractivity contribution in [3.8, 4) is 5.75 Å². The molecule has 0 bridgehead atoms. The molecule has 6 heteroatoms. The Morgan fingerprint density at radius 2 is 1.79 bits per heavy atom. The zero-order valence-electron chi connectivity index (χ0n) is 13.7. The molecular formula is C18H22BrClN2O2. The number of carbonyl (C=O) groups is 1. The summed E-state index contributed by atoms with van der Waals surface area (Å²) in [7, 11) is 0. The number of hydrogen-bond donors (Lipinski definition) is 2. The van der Waals surface area contributed by atoms with E-state index in [-0.39, 0.29) is 18.3 Å². The Kier molecular flexibility index (Phi) is 7.73. The fourth-order valence-electron chi connectivity index (χ4n) is 1.95. The van der Waals surface area contributed by atoms with Crippen molar-refractivity contribution in [3.05, 3.63) is 64.1 Å². The summed E-state index contributed by atoms with van der Waals surface area (Å²) in [5.74, 6) is 0.363. The van der Waals surface area contributed by atoms with E-state index in [4.69, 9.17) is 10.5 Å². The van der Waals surface area contributed by atoms with Gasteiger partial charge in [-0.05, 0) is 32.0 Å². The number of nitrogens with two attached hydrogens (primary N) is 1. The van der Waals surface area contributed by atoms with E-state index in [0.29, 0.717) is 24.5 Å². The van der Waals surface area contributed by atoms with Gasteiger partial charge < -0.3 is 15.8 Å². The Bertz CT molecular complexity index is 687. The summed E-state index contributed by atoms with van der Waals surface area (Å²) in [6.07, 6.45) is 0. The highest BCUT2D eigenvalue weighted by atomic mass is 79.9.